The second-order valence-electron chi connectivity index (χ2n) is 5.10. The highest BCUT2D eigenvalue weighted by Crippen LogP contribution is 2.31. The monoisotopic (exact) mass is 212 g/mol. The molecule has 0 aromatic carbocycles. The van der Waals surface area contributed by atoms with E-state index in [4.69, 9.17) is 5.73 Å². The minimum absolute atomic E-state index is 0.134. The summed E-state index contributed by atoms with van der Waals surface area (Å²) >= 11 is 0. The summed E-state index contributed by atoms with van der Waals surface area (Å²) in [7, 11) is 0. The van der Waals surface area contributed by atoms with E-state index in [1.165, 1.54) is 12.8 Å². The highest BCUT2D eigenvalue weighted by atomic mass is 16.1. The summed E-state index contributed by atoms with van der Waals surface area (Å²) in [4.78, 5) is 13.8. The van der Waals surface area contributed by atoms with Crippen LogP contribution in [-0.2, 0) is 4.79 Å². The molecule has 0 saturated carbocycles. The molecule has 88 valence electrons. The molecule has 1 atom stereocenters. The Kier molecular flexibility index (Phi) is 4.14. The Labute approximate surface area is 93.0 Å². The van der Waals surface area contributed by atoms with Crippen molar-refractivity contribution in [1.29, 1.82) is 0 Å². The highest BCUT2D eigenvalue weighted by Gasteiger charge is 2.35. The van der Waals surface area contributed by atoms with Gasteiger partial charge in [0.2, 0.25) is 5.91 Å². The largest absolute Gasteiger partial charge is 0.369 e. The van der Waals surface area contributed by atoms with Crippen LogP contribution in [0.2, 0.25) is 0 Å². The molecule has 1 fully saturated rings. The predicted octanol–water partition coefficient (Wildman–Crippen LogP) is 1.76. The van der Waals surface area contributed by atoms with Gasteiger partial charge in [-0.25, -0.2) is 0 Å². The number of carbonyl (C=O) groups excluding carboxylic acids is 1. The average Bonchev–Trinajstić information content (AvgIpc) is 2.19. The Bertz CT molecular complexity index is 220. The van der Waals surface area contributed by atoms with E-state index in [0.717, 1.165) is 25.9 Å². The van der Waals surface area contributed by atoms with Crippen molar-refractivity contribution in [1.82, 2.24) is 4.90 Å². The molecule has 3 heteroatoms. The summed E-state index contributed by atoms with van der Waals surface area (Å²) in [5, 5.41) is 0. The van der Waals surface area contributed by atoms with Crippen LogP contribution in [0.4, 0.5) is 0 Å². The number of rotatable bonds is 4. The van der Waals surface area contributed by atoms with Gasteiger partial charge in [0, 0.05) is 11.5 Å². The third-order valence-corrected chi connectivity index (χ3v) is 3.83. The molecule has 2 N–H and O–H groups in total. The van der Waals surface area contributed by atoms with Crippen molar-refractivity contribution < 1.29 is 4.79 Å². The van der Waals surface area contributed by atoms with Crippen LogP contribution in [0.3, 0.4) is 0 Å². The maximum absolute atomic E-state index is 11.3. The van der Waals surface area contributed by atoms with Gasteiger partial charge in [-0.1, -0.05) is 20.3 Å². The molecule has 1 aliphatic rings. The first-order valence-corrected chi connectivity index (χ1v) is 6.03. The van der Waals surface area contributed by atoms with Crippen molar-refractivity contribution in [2.75, 3.05) is 13.1 Å². The van der Waals surface area contributed by atoms with Crippen LogP contribution in [0.15, 0.2) is 0 Å². The Morgan fingerprint density at radius 1 is 1.47 bits per heavy atom. The first-order chi connectivity index (χ1) is 6.99. The lowest BCUT2D eigenvalue weighted by Crippen LogP contribution is -2.48. The zero-order chi connectivity index (χ0) is 11.5. The quantitative estimate of drug-likeness (QED) is 0.772. The number of piperidine rings is 1. The standard InChI is InChI=1S/C12H24N2O/c1-4-5-10(2)14-8-6-12(3,7-9-14)11(13)15/h10H,4-9H2,1-3H3,(H2,13,15). The van der Waals surface area contributed by atoms with Gasteiger partial charge in [-0.05, 0) is 39.3 Å². The first kappa shape index (κ1) is 12.5. The number of primary amides is 1. The van der Waals surface area contributed by atoms with Crippen molar-refractivity contribution in [3.8, 4) is 0 Å². The van der Waals surface area contributed by atoms with Crippen molar-refractivity contribution in [2.24, 2.45) is 11.1 Å². The fourth-order valence-corrected chi connectivity index (χ4v) is 2.31. The predicted molar refractivity (Wildman–Crippen MR) is 62.5 cm³/mol. The molecule has 0 radical (unpaired) electrons. The molecule has 0 spiro atoms. The van der Waals surface area contributed by atoms with Gasteiger partial charge < -0.3 is 10.6 Å². The molecule has 1 rings (SSSR count). The van der Waals surface area contributed by atoms with Crippen molar-refractivity contribution in [3.05, 3.63) is 0 Å². The Hall–Kier alpha value is -0.570. The third kappa shape index (κ3) is 2.94. The first-order valence-electron chi connectivity index (χ1n) is 6.03. The van der Waals surface area contributed by atoms with Gasteiger partial charge in [-0.3, -0.25) is 4.79 Å². The van der Waals surface area contributed by atoms with Gasteiger partial charge >= 0.3 is 0 Å². The van der Waals surface area contributed by atoms with E-state index < -0.39 is 0 Å². The molecule has 3 nitrogen and oxygen atoms in total. The second kappa shape index (κ2) is 4.97. The topological polar surface area (TPSA) is 46.3 Å². The van der Waals surface area contributed by atoms with Gasteiger partial charge in [0.25, 0.3) is 0 Å². The molecule has 1 heterocycles. The van der Waals surface area contributed by atoms with E-state index in [9.17, 15) is 4.79 Å². The molecule has 15 heavy (non-hydrogen) atoms. The molecule has 1 aliphatic heterocycles. The third-order valence-electron chi connectivity index (χ3n) is 3.83. The van der Waals surface area contributed by atoms with Crippen LogP contribution in [0.5, 0.6) is 0 Å². The zero-order valence-electron chi connectivity index (χ0n) is 10.3. The maximum atomic E-state index is 11.3. The molecule has 0 aromatic rings. The van der Waals surface area contributed by atoms with Crippen molar-refractivity contribution in [2.45, 2.75) is 52.5 Å². The summed E-state index contributed by atoms with van der Waals surface area (Å²) in [5.41, 5.74) is 5.16. The lowest BCUT2D eigenvalue weighted by Gasteiger charge is -2.40. The van der Waals surface area contributed by atoms with E-state index in [1.807, 2.05) is 6.92 Å². The second-order valence-corrected chi connectivity index (χ2v) is 5.10. The van der Waals surface area contributed by atoms with Gasteiger partial charge in [0.15, 0.2) is 0 Å². The minimum Gasteiger partial charge on any atom is -0.369 e. The number of hydrogen-bond acceptors (Lipinski definition) is 2. The normalized spacial score (nSPS) is 23.7. The zero-order valence-corrected chi connectivity index (χ0v) is 10.3. The summed E-state index contributed by atoms with van der Waals surface area (Å²) in [6.45, 7) is 8.52. The van der Waals surface area contributed by atoms with Gasteiger partial charge in [0.1, 0.15) is 0 Å². The van der Waals surface area contributed by atoms with Crippen LogP contribution in [-0.4, -0.2) is 29.9 Å². The summed E-state index contributed by atoms with van der Waals surface area (Å²) in [5.74, 6) is -0.134. The lowest BCUT2D eigenvalue weighted by molar-refractivity contribution is -0.129. The van der Waals surface area contributed by atoms with Gasteiger partial charge in [-0.15, -0.1) is 0 Å². The van der Waals surface area contributed by atoms with Gasteiger partial charge in [0.05, 0.1) is 0 Å². The number of likely N-dealkylation sites (tertiary alicyclic amines) is 1. The van der Waals surface area contributed by atoms with E-state index in [2.05, 4.69) is 18.7 Å². The number of carbonyl (C=O) groups is 1. The molecule has 0 bridgehead atoms. The summed E-state index contributed by atoms with van der Waals surface area (Å²) < 4.78 is 0. The van der Waals surface area contributed by atoms with Crippen molar-refractivity contribution in [3.63, 3.8) is 0 Å². The lowest BCUT2D eigenvalue weighted by atomic mass is 9.79. The average molecular weight is 212 g/mol. The fourth-order valence-electron chi connectivity index (χ4n) is 2.31. The van der Waals surface area contributed by atoms with Crippen molar-refractivity contribution >= 4 is 5.91 Å². The fraction of sp³-hybridized carbons (Fsp3) is 0.917. The van der Waals surface area contributed by atoms with E-state index in [0.29, 0.717) is 6.04 Å². The van der Waals surface area contributed by atoms with E-state index in [1.54, 1.807) is 0 Å². The minimum atomic E-state index is -0.261. The molecule has 0 aliphatic carbocycles. The molecule has 1 saturated heterocycles. The van der Waals surface area contributed by atoms with Crippen LogP contribution < -0.4 is 5.73 Å². The highest BCUT2D eigenvalue weighted by molar-refractivity contribution is 5.80. The number of amides is 1. The Morgan fingerprint density at radius 3 is 2.40 bits per heavy atom. The Balaban J connectivity index is 2.45. The van der Waals surface area contributed by atoms with Crippen LogP contribution >= 0.6 is 0 Å². The van der Waals surface area contributed by atoms with Crippen LogP contribution in [0, 0.1) is 5.41 Å². The molecule has 1 unspecified atom stereocenters. The maximum Gasteiger partial charge on any atom is 0.223 e. The summed E-state index contributed by atoms with van der Waals surface area (Å²) in [6, 6.07) is 0.646. The van der Waals surface area contributed by atoms with Crippen LogP contribution in [0.25, 0.3) is 0 Å². The smallest absolute Gasteiger partial charge is 0.223 e. The Morgan fingerprint density at radius 2 is 2.00 bits per heavy atom. The SMILES string of the molecule is CCCC(C)N1CCC(C)(C(N)=O)CC1. The van der Waals surface area contributed by atoms with E-state index >= 15 is 0 Å². The summed E-state index contributed by atoms with van der Waals surface area (Å²) in [6.07, 6.45) is 4.30. The number of nitrogens with two attached hydrogens (primary N) is 1. The molecular weight excluding hydrogens is 188 g/mol. The number of nitrogens with zero attached hydrogens (tertiary/aromatic N) is 1. The van der Waals surface area contributed by atoms with E-state index in [-0.39, 0.29) is 11.3 Å². The number of hydrogen-bond donors (Lipinski definition) is 1. The molecular formula is C12H24N2O. The van der Waals surface area contributed by atoms with Crippen LogP contribution in [0.1, 0.15) is 46.5 Å². The molecule has 0 aromatic heterocycles. The molecule has 1 amide bonds. The van der Waals surface area contributed by atoms with Gasteiger partial charge in [-0.2, -0.15) is 0 Å².